The Kier molecular flexibility index (Phi) is 4.29. The summed E-state index contributed by atoms with van der Waals surface area (Å²) < 4.78 is 0. The Hall–Kier alpha value is -2.16. The molecule has 1 amide bonds. The number of amides is 1. The van der Waals surface area contributed by atoms with E-state index in [4.69, 9.17) is 0 Å². The van der Waals surface area contributed by atoms with Gasteiger partial charge in [0.2, 0.25) is 5.91 Å². The zero-order valence-electron chi connectivity index (χ0n) is 11.3. The summed E-state index contributed by atoms with van der Waals surface area (Å²) >= 11 is 0. The van der Waals surface area contributed by atoms with Gasteiger partial charge in [-0.15, -0.1) is 0 Å². The van der Waals surface area contributed by atoms with Crippen molar-refractivity contribution in [3.63, 3.8) is 0 Å². The topological polar surface area (TPSA) is 42.0 Å². The molecule has 1 N–H and O–H groups in total. The number of aromatic nitrogens is 1. The average Bonchev–Trinajstić information content (AvgIpc) is 2.39. The van der Waals surface area contributed by atoms with Crippen molar-refractivity contribution in [2.45, 2.75) is 26.3 Å². The Morgan fingerprint density at radius 3 is 2.68 bits per heavy atom. The molecule has 0 spiro atoms. The summed E-state index contributed by atoms with van der Waals surface area (Å²) in [5, 5.41) is 3.00. The maximum atomic E-state index is 12.0. The summed E-state index contributed by atoms with van der Waals surface area (Å²) in [6, 6.07) is 11.8. The summed E-state index contributed by atoms with van der Waals surface area (Å²) in [7, 11) is 0. The molecule has 1 unspecified atom stereocenters. The minimum atomic E-state index is 0.000286. The largest absolute Gasteiger partial charge is 0.349 e. The van der Waals surface area contributed by atoms with E-state index in [1.807, 2.05) is 50.2 Å². The number of nitrogens with one attached hydrogen (secondary N) is 1. The molecule has 1 aromatic heterocycles. The lowest BCUT2D eigenvalue weighted by Crippen LogP contribution is -2.28. The molecule has 0 radical (unpaired) electrons. The molecule has 0 saturated carbocycles. The molecule has 3 heteroatoms. The molecule has 0 bridgehead atoms. The standard InChI is InChI=1S/C16H18N2O/c1-12-4-3-5-14(10-12)11-16(19)18-13(2)15-6-8-17-9-7-15/h3-10,13H,11H2,1-2H3,(H,18,19). The van der Waals surface area contributed by atoms with Gasteiger partial charge in [0.1, 0.15) is 0 Å². The van der Waals surface area contributed by atoms with Gasteiger partial charge in [0.25, 0.3) is 0 Å². The van der Waals surface area contributed by atoms with Crippen molar-refractivity contribution < 1.29 is 4.79 Å². The average molecular weight is 254 g/mol. The van der Waals surface area contributed by atoms with Crippen LogP contribution < -0.4 is 5.32 Å². The Labute approximate surface area is 113 Å². The van der Waals surface area contributed by atoms with E-state index in [1.165, 1.54) is 5.56 Å². The first kappa shape index (κ1) is 13.3. The normalized spacial score (nSPS) is 11.9. The van der Waals surface area contributed by atoms with E-state index in [2.05, 4.69) is 10.3 Å². The number of hydrogen-bond acceptors (Lipinski definition) is 2. The third-order valence-corrected chi connectivity index (χ3v) is 3.03. The highest BCUT2D eigenvalue weighted by atomic mass is 16.1. The second-order valence-corrected chi connectivity index (χ2v) is 4.74. The Morgan fingerprint density at radius 2 is 2.00 bits per heavy atom. The van der Waals surface area contributed by atoms with E-state index in [0.717, 1.165) is 11.1 Å². The predicted octanol–water partition coefficient (Wildman–Crippen LogP) is 2.81. The van der Waals surface area contributed by atoms with Crippen LogP contribution in [0.3, 0.4) is 0 Å². The van der Waals surface area contributed by atoms with Crippen molar-refractivity contribution >= 4 is 5.91 Å². The van der Waals surface area contributed by atoms with Crippen LogP contribution in [-0.4, -0.2) is 10.9 Å². The van der Waals surface area contributed by atoms with Crippen LogP contribution in [0.25, 0.3) is 0 Å². The zero-order chi connectivity index (χ0) is 13.7. The maximum Gasteiger partial charge on any atom is 0.224 e. The van der Waals surface area contributed by atoms with Crippen LogP contribution in [0.4, 0.5) is 0 Å². The van der Waals surface area contributed by atoms with Gasteiger partial charge in [-0.2, -0.15) is 0 Å². The van der Waals surface area contributed by atoms with Crippen LogP contribution in [-0.2, 0) is 11.2 Å². The Morgan fingerprint density at radius 1 is 1.26 bits per heavy atom. The maximum absolute atomic E-state index is 12.0. The molecule has 0 fully saturated rings. The summed E-state index contributed by atoms with van der Waals surface area (Å²) in [4.78, 5) is 16.0. The van der Waals surface area contributed by atoms with Crippen molar-refractivity contribution in [1.82, 2.24) is 10.3 Å². The quantitative estimate of drug-likeness (QED) is 0.911. The molecule has 3 nitrogen and oxygen atoms in total. The lowest BCUT2D eigenvalue weighted by Gasteiger charge is -2.14. The van der Waals surface area contributed by atoms with Crippen molar-refractivity contribution in [2.75, 3.05) is 0 Å². The summed E-state index contributed by atoms with van der Waals surface area (Å²) in [5.41, 5.74) is 3.28. The molecule has 1 heterocycles. The molecule has 2 aromatic rings. The first-order valence-corrected chi connectivity index (χ1v) is 6.40. The summed E-state index contributed by atoms with van der Waals surface area (Å²) in [6.45, 7) is 4.00. The molecule has 98 valence electrons. The second kappa shape index (κ2) is 6.14. The van der Waals surface area contributed by atoms with Gasteiger partial charge in [-0.1, -0.05) is 29.8 Å². The van der Waals surface area contributed by atoms with Gasteiger partial charge in [0.05, 0.1) is 12.5 Å². The molecule has 0 aliphatic heterocycles. The number of rotatable bonds is 4. The van der Waals surface area contributed by atoms with Gasteiger partial charge in [-0.05, 0) is 37.1 Å². The lowest BCUT2D eigenvalue weighted by atomic mass is 10.1. The highest BCUT2D eigenvalue weighted by molar-refractivity contribution is 5.79. The monoisotopic (exact) mass is 254 g/mol. The predicted molar refractivity (Wildman–Crippen MR) is 75.7 cm³/mol. The third kappa shape index (κ3) is 3.91. The fourth-order valence-electron chi connectivity index (χ4n) is 2.04. The van der Waals surface area contributed by atoms with Crippen molar-refractivity contribution in [3.8, 4) is 0 Å². The smallest absolute Gasteiger partial charge is 0.224 e. The molecule has 1 atom stereocenters. The van der Waals surface area contributed by atoms with E-state index < -0.39 is 0 Å². The highest BCUT2D eigenvalue weighted by Gasteiger charge is 2.09. The number of carbonyl (C=O) groups is 1. The first-order valence-electron chi connectivity index (χ1n) is 6.40. The SMILES string of the molecule is Cc1cccc(CC(=O)NC(C)c2ccncc2)c1. The number of aryl methyl sites for hydroxylation is 1. The zero-order valence-corrected chi connectivity index (χ0v) is 11.3. The fourth-order valence-corrected chi connectivity index (χ4v) is 2.04. The second-order valence-electron chi connectivity index (χ2n) is 4.74. The van der Waals surface area contributed by atoms with Gasteiger partial charge >= 0.3 is 0 Å². The van der Waals surface area contributed by atoms with Crippen molar-refractivity contribution in [2.24, 2.45) is 0 Å². The van der Waals surface area contributed by atoms with Gasteiger partial charge in [0, 0.05) is 12.4 Å². The van der Waals surface area contributed by atoms with Crippen LogP contribution in [0.15, 0.2) is 48.8 Å². The minimum Gasteiger partial charge on any atom is -0.349 e. The van der Waals surface area contributed by atoms with Crippen molar-refractivity contribution in [3.05, 3.63) is 65.5 Å². The summed E-state index contributed by atoms with van der Waals surface area (Å²) in [5.74, 6) is 0.0370. The van der Waals surface area contributed by atoms with Gasteiger partial charge in [-0.3, -0.25) is 9.78 Å². The number of hydrogen-bond donors (Lipinski definition) is 1. The molecule has 0 aliphatic rings. The van der Waals surface area contributed by atoms with Gasteiger partial charge < -0.3 is 5.32 Å². The molecule has 2 rings (SSSR count). The van der Waals surface area contributed by atoms with Crippen molar-refractivity contribution in [1.29, 1.82) is 0 Å². The number of benzene rings is 1. The molecular weight excluding hydrogens is 236 g/mol. The van der Waals surface area contributed by atoms with E-state index >= 15 is 0 Å². The highest BCUT2D eigenvalue weighted by Crippen LogP contribution is 2.11. The summed E-state index contributed by atoms with van der Waals surface area (Å²) in [6.07, 6.45) is 3.88. The van der Waals surface area contributed by atoms with E-state index in [9.17, 15) is 4.79 Å². The van der Waals surface area contributed by atoms with E-state index in [0.29, 0.717) is 6.42 Å². The van der Waals surface area contributed by atoms with E-state index in [-0.39, 0.29) is 11.9 Å². The molecular formula is C16H18N2O. The first-order chi connectivity index (χ1) is 9.15. The fraction of sp³-hybridized carbons (Fsp3) is 0.250. The molecule has 0 saturated heterocycles. The Balaban J connectivity index is 1.95. The molecule has 19 heavy (non-hydrogen) atoms. The van der Waals surface area contributed by atoms with Gasteiger partial charge in [-0.25, -0.2) is 0 Å². The van der Waals surface area contributed by atoms with Crippen LogP contribution in [0.5, 0.6) is 0 Å². The van der Waals surface area contributed by atoms with E-state index in [1.54, 1.807) is 12.4 Å². The third-order valence-electron chi connectivity index (χ3n) is 3.03. The minimum absolute atomic E-state index is 0.000286. The molecule has 0 aliphatic carbocycles. The molecule has 1 aromatic carbocycles. The van der Waals surface area contributed by atoms with Crippen LogP contribution in [0.2, 0.25) is 0 Å². The van der Waals surface area contributed by atoms with Crippen LogP contribution >= 0.6 is 0 Å². The number of pyridine rings is 1. The van der Waals surface area contributed by atoms with Crippen LogP contribution in [0, 0.1) is 6.92 Å². The van der Waals surface area contributed by atoms with Crippen LogP contribution in [0.1, 0.15) is 29.7 Å². The van der Waals surface area contributed by atoms with Gasteiger partial charge in [0.15, 0.2) is 0 Å². The Bertz CT molecular complexity index is 552. The number of carbonyl (C=O) groups excluding carboxylic acids is 1. The number of nitrogens with zero attached hydrogens (tertiary/aromatic N) is 1. The lowest BCUT2D eigenvalue weighted by molar-refractivity contribution is -0.121.